The van der Waals surface area contributed by atoms with Crippen LogP contribution in [-0.4, -0.2) is 23.5 Å². The number of carbonyl (C=O) groups is 2. The maximum absolute atomic E-state index is 12.8. The van der Waals surface area contributed by atoms with Crippen LogP contribution >= 0.6 is 0 Å². The van der Waals surface area contributed by atoms with E-state index in [4.69, 9.17) is 9.84 Å². The van der Waals surface area contributed by atoms with Crippen molar-refractivity contribution in [3.63, 3.8) is 0 Å². The predicted octanol–water partition coefficient (Wildman–Crippen LogP) is 3.98. The Labute approximate surface area is 141 Å². The second-order valence-corrected chi connectivity index (χ2v) is 6.86. The largest absolute Gasteiger partial charge is 0.493 e. The summed E-state index contributed by atoms with van der Waals surface area (Å²) in [6.45, 7) is 6.68. The van der Waals surface area contributed by atoms with Crippen LogP contribution in [-0.2, 0) is 5.41 Å². The Bertz CT molecular complexity index is 834. The van der Waals surface area contributed by atoms with E-state index in [9.17, 15) is 9.59 Å². The Morgan fingerprint density at radius 1 is 1.08 bits per heavy atom. The molecule has 0 saturated carbocycles. The molecule has 0 spiro atoms. The van der Waals surface area contributed by atoms with Crippen molar-refractivity contribution in [2.75, 3.05) is 6.61 Å². The van der Waals surface area contributed by atoms with E-state index in [1.165, 1.54) is 6.07 Å². The van der Waals surface area contributed by atoms with Crippen LogP contribution in [0.3, 0.4) is 0 Å². The summed E-state index contributed by atoms with van der Waals surface area (Å²) in [5.41, 5.74) is 2.88. The topological polar surface area (TPSA) is 63.6 Å². The van der Waals surface area contributed by atoms with Gasteiger partial charge in [0.2, 0.25) is 0 Å². The number of ketones is 1. The van der Waals surface area contributed by atoms with Crippen LogP contribution in [0.1, 0.15) is 57.7 Å². The van der Waals surface area contributed by atoms with Crippen LogP contribution < -0.4 is 4.74 Å². The van der Waals surface area contributed by atoms with Gasteiger partial charge in [0.25, 0.3) is 0 Å². The summed E-state index contributed by atoms with van der Waals surface area (Å²) in [6, 6.07) is 10.2. The molecule has 0 saturated heterocycles. The Hall–Kier alpha value is -2.62. The minimum atomic E-state index is -0.987. The molecule has 0 amide bonds. The van der Waals surface area contributed by atoms with Gasteiger partial charge in [-0.3, -0.25) is 4.79 Å². The number of aromatic carboxylic acids is 1. The maximum atomic E-state index is 12.8. The lowest BCUT2D eigenvalue weighted by Gasteiger charge is -2.32. The molecule has 4 heteroatoms. The second kappa shape index (κ2) is 5.78. The maximum Gasteiger partial charge on any atom is 0.335 e. The molecule has 0 atom stereocenters. The lowest BCUT2D eigenvalue weighted by Crippen LogP contribution is -2.27. The van der Waals surface area contributed by atoms with Gasteiger partial charge in [0.05, 0.1) is 12.2 Å². The Morgan fingerprint density at radius 2 is 1.75 bits per heavy atom. The molecule has 0 fully saturated rings. The number of hydrogen-bond acceptors (Lipinski definition) is 3. The van der Waals surface area contributed by atoms with Gasteiger partial charge in [0.1, 0.15) is 5.75 Å². The quantitative estimate of drug-likeness (QED) is 0.867. The van der Waals surface area contributed by atoms with Crippen LogP contribution in [0.5, 0.6) is 5.75 Å². The highest BCUT2D eigenvalue weighted by atomic mass is 16.5. The first-order valence-electron chi connectivity index (χ1n) is 7.95. The summed E-state index contributed by atoms with van der Waals surface area (Å²) in [6.07, 6.45) is 0.907. The third-order valence-corrected chi connectivity index (χ3v) is 4.67. The van der Waals surface area contributed by atoms with Gasteiger partial charge in [0.15, 0.2) is 5.78 Å². The van der Waals surface area contributed by atoms with E-state index < -0.39 is 5.97 Å². The smallest absolute Gasteiger partial charge is 0.335 e. The molecule has 4 nitrogen and oxygen atoms in total. The standard InChI is InChI=1S/C20H20O4/c1-12-10-13(4-6-15(12)19(22)23)18(21)14-5-7-17-16(11-14)20(2,3)8-9-24-17/h4-7,10-11H,8-9H2,1-3H3,(H,22,23). The number of hydrogen-bond donors (Lipinski definition) is 1. The number of fused-ring (bicyclic) bond motifs is 1. The molecule has 24 heavy (non-hydrogen) atoms. The molecule has 0 unspecified atom stereocenters. The fourth-order valence-electron chi connectivity index (χ4n) is 3.09. The zero-order valence-electron chi connectivity index (χ0n) is 14.1. The number of carboxylic acid groups (broad SMARTS) is 1. The lowest BCUT2D eigenvalue weighted by atomic mass is 9.79. The molecular formula is C20H20O4. The van der Waals surface area contributed by atoms with Crippen LogP contribution in [0.25, 0.3) is 0 Å². The van der Waals surface area contributed by atoms with Crippen molar-refractivity contribution in [1.29, 1.82) is 0 Å². The summed E-state index contributed by atoms with van der Waals surface area (Å²) in [4.78, 5) is 23.9. The van der Waals surface area contributed by atoms with Crippen LogP contribution in [0, 0.1) is 6.92 Å². The van der Waals surface area contributed by atoms with Crippen LogP contribution in [0.15, 0.2) is 36.4 Å². The minimum absolute atomic E-state index is 0.0348. The highest BCUT2D eigenvalue weighted by Crippen LogP contribution is 2.39. The van der Waals surface area contributed by atoms with Gasteiger partial charge < -0.3 is 9.84 Å². The van der Waals surface area contributed by atoms with Gasteiger partial charge in [-0.2, -0.15) is 0 Å². The normalized spacial score (nSPS) is 15.3. The first-order valence-corrected chi connectivity index (χ1v) is 7.95. The van der Waals surface area contributed by atoms with E-state index in [0.29, 0.717) is 23.3 Å². The van der Waals surface area contributed by atoms with Gasteiger partial charge >= 0.3 is 5.97 Å². The molecule has 124 valence electrons. The summed E-state index contributed by atoms with van der Waals surface area (Å²) in [5, 5.41) is 9.10. The van der Waals surface area contributed by atoms with Crippen molar-refractivity contribution >= 4 is 11.8 Å². The summed E-state index contributed by atoms with van der Waals surface area (Å²) < 4.78 is 5.68. The van der Waals surface area contributed by atoms with E-state index >= 15 is 0 Å². The fraction of sp³-hybridized carbons (Fsp3) is 0.300. The molecule has 1 aliphatic heterocycles. The summed E-state index contributed by atoms with van der Waals surface area (Å²) in [7, 11) is 0. The van der Waals surface area contributed by atoms with Gasteiger partial charge in [-0.15, -0.1) is 0 Å². The number of benzene rings is 2. The average molecular weight is 324 g/mol. The third kappa shape index (κ3) is 2.80. The molecule has 2 aromatic carbocycles. The number of rotatable bonds is 3. The van der Waals surface area contributed by atoms with E-state index in [0.717, 1.165) is 17.7 Å². The molecule has 1 N–H and O–H groups in total. The number of carboxylic acids is 1. The van der Waals surface area contributed by atoms with Crippen LogP contribution in [0.4, 0.5) is 0 Å². The monoisotopic (exact) mass is 324 g/mol. The molecule has 0 aromatic heterocycles. The number of aryl methyl sites for hydroxylation is 1. The van der Waals surface area contributed by atoms with E-state index in [2.05, 4.69) is 13.8 Å². The van der Waals surface area contributed by atoms with Gasteiger partial charge in [0, 0.05) is 16.7 Å². The van der Waals surface area contributed by atoms with Crippen molar-refractivity contribution < 1.29 is 19.4 Å². The average Bonchev–Trinajstić information content (AvgIpc) is 2.53. The van der Waals surface area contributed by atoms with Crippen molar-refractivity contribution in [1.82, 2.24) is 0 Å². The number of ether oxygens (including phenoxy) is 1. The zero-order chi connectivity index (χ0) is 17.5. The van der Waals surface area contributed by atoms with Gasteiger partial charge in [-0.05, 0) is 54.7 Å². The minimum Gasteiger partial charge on any atom is -0.493 e. The van der Waals surface area contributed by atoms with E-state index in [1.54, 1.807) is 25.1 Å². The second-order valence-electron chi connectivity index (χ2n) is 6.86. The van der Waals surface area contributed by atoms with Crippen molar-refractivity contribution in [2.24, 2.45) is 0 Å². The van der Waals surface area contributed by atoms with E-state index in [-0.39, 0.29) is 16.8 Å². The van der Waals surface area contributed by atoms with Crippen molar-refractivity contribution in [2.45, 2.75) is 32.6 Å². The predicted molar refractivity (Wildman–Crippen MR) is 91.2 cm³/mol. The highest BCUT2D eigenvalue weighted by molar-refractivity contribution is 6.09. The molecule has 0 radical (unpaired) electrons. The molecule has 3 rings (SSSR count). The Morgan fingerprint density at radius 3 is 2.42 bits per heavy atom. The van der Waals surface area contributed by atoms with E-state index in [1.807, 2.05) is 12.1 Å². The summed E-state index contributed by atoms with van der Waals surface area (Å²) in [5.74, 6) is -0.265. The van der Waals surface area contributed by atoms with Crippen LogP contribution in [0.2, 0.25) is 0 Å². The SMILES string of the molecule is Cc1cc(C(=O)c2ccc3c(c2)C(C)(C)CCO3)ccc1C(=O)O. The molecule has 0 bridgehead atoms. The molecule has 2 aromatic rings. The summed E-state index contributed by atoms with van der Waals surface area (Å²) >= 11 is 0. The Balaban J connectivity index is 1.99. The Kier molecular flexibility index (Phi) is 3.91. The lowest BCUT2D eigenvalue weighted by molar-refractivity contribution is 0.0695. The van der Waals surface area contributed by atoms with Crippen molar-refractivity contribution in [3.8, 4) is 5.75 Å². The first kappa shape index (κ1) is 16.2. The highest BCUT2D eigenvalue weighted by Gasteiger charge is 2.29. The molecule has 1 aliphatic rings. The molecule has 0 aliphatic carbocycles. The molecule has 1 heterocycles. The third-order valence-electron chi connectivity index (χ3n) is 4.67. The van der Waals surface area contributed by atoms with Gasteiger partial charge in [-0.25, -0.2) is 4.79 Å². The zero-order valence-corrected chi connectivity index (χ0v) is 14.1. The van der Waals surface area contributed by atoms with Crippen molar-refractivity contribution in [3.05, 3.63) is 64.2 Å². The first-order chi connectivity index (χ1) is 11.3. The number of carbonyl (C=O) groups excluding carboxylic acids is 1. The molecular weight excluding hydrogens is 304 g/mol. The fourth-order valence-corrected chi connectivity index (χ4v) is 3.09. The van der Waals surface area contributed by atoms with Gasteiger partial charge in [-0.1, -0.05) is 19.9 Å².